The molecule has 1 N–H and O–H groups in total. The van der Waals surface area contributed by atoms with Gasteiger partial charge in [0, 0.05) is 18.8 Å². The number of piperidine rings is 1. The van der Waals surface area contributed by atoms with E-state index in [1.54, 1.807) is 0 Å². The Morgan fingerprint density at radius 1 is 1.00 bits per heavy atom. The van der Waals surface area contributed by atoms with Crippen LogP contribution in [-0.4, -0.2) is 32.8 Å². The lowest BCUT2D eigenvalue weighted by molar-refractivity contribution is 0.442. The normalized spacial score (nSPS) is 16.6. The summed E-state index contributed by atoms with van der Waals surface area (Å²) in [6, 6.07) is 16.5. The Morgan fingerprint density at radius 3 is 2.61 bits per heavy atom. The van der Waals surface area contributed by atoms with Crippen molar-refractivity contribution >= 4 is 28.5 Å². The van der Waals surface area contributed by atoms with E-state index in [0.717, 1.165) is 47.3 Å². The minimum Gasteiger partial charge on any atom is -0.340 e. The molecule has 1 aliphatic heterocycles. The van der Waals surface area contributed by atoms with Crippen molar-refractivity contribution in [3.8, 4) is 5.69 Å². The van der Waals surface area contributed by atoms with E-state index in [0.29, 0.717) is 5.92 Å². The lowest BCUT2D eigenvalue weighted by Gasteiger charge is -2.31. The molecular formula is C25H28N6. The fourth-order valence-electron chi connectivity index (χ4n) is 4.22. The van der Waals surface area contributed by atoms with Gasteiger partial charge < -0.3 is 10.2 Å². The largest absolute Gasteiger partial charge is 0.340 e. The van der Waals surface area contributed by atoms with E-state index < -0.39 is 0 Å². The molecule has 6 nitrogen and oxygen atoms in total. The van der Waals surface area contributed by atoms with Crippen LogP contribution in [0, 0.1) is 19.8 Å². The molecule has 6 heteroatoms. The summed E-state index contributed by atoms with van der Waals surface area (Å²) in [5, 5.41) is 9.11. The molecule has 1 saturated heterocycles. The maximum atomic E-state index is 4.98. The van der Waals surface area contributed by atoms with Crippen LogP contribution in [0.15, 0.2) is 54.7 Å². The molecule has 1 fully saturated rings. The summed E-state index contributed by atoms with van der Waals surface area (Å²) >= 11 is 0. The molecule has 158 valence electrons. The second-order valence-electron chi connectivity index (χ2n) is 8.62. The number of nitrogens with zero attached hydrogens (tertiary/aromatic N) is 5. The average molecular weight is 413 g/mol. The van der Waals surface area contributed by atoms with Crippen molar-refractivity contribution in [2.75, 3.05) is 23.3 Å². The van der Waals surface area contributed by atoms with Crippen LogP contribution in [0.1, 0.15) is 30.9 Å². The third-order valence-electron chi connectivity index (χ3n) is 6.13. The van der Waals surface area contributed by atoms with Crippen molar-refractivity contribution in [2.24, 2.45) is 5.92 Å². The summed E-state index contributed by atoms with van der Waals surface area (Å²) in [5.74, 6) is 2.20. The molecule has 0 radical (unpaired) electrons. The summed E-state index contributed by atoms with van der Waals surface area (Å²) in [6.07, 6.45) is 4.28. The first kappa shape index (κ1) is 19.5. The quantitative estimate of drug-likeness (QED) is 0.485. The number of aromatic nitrogens is 4. The van der Waals surface area contributed by atoms with Gasteiger partial charge in [0.15, 0.2) is 5.65 Å². The minimum atomic E-state index is 0.642. The van der Waals surface area contributed by atoms with Crippen molar-refractivity contribution in [3.05, 3.63) is 65.9 Å². The first-order valence-electron chi connectivity index (χ1n) is 11.0. The molecule has 1 unspecified atom stereocenters. The van der Waals surface area contributed by atoms with E-state index in [1.807, 2.05) is 41.2 Å². The molecule has 2 aromatic carbocycles. The number of para-hydroxylation sites is 1. The fourth-order valence-corrected chi connectivity index (χ4v) is 4.22. The van der Waals surface area contributed by atoms with Gasteiger partial charge in [0.2, 0.25) is 5.95 Å². The third-order valence-corrected chi connectivity index (χ3v) is 6.13. The van der Waals surface area contributed by atoms with Crippen molar-refractivity contribution in [2.45, 2.75) is 33.6 Å². The van der Waals surface area contributed by atoms with Crippen LogP contribution in [0.5, 0.6) is 0 Å². The Hall–Kier alpha value is -3.41. The van der Waals surface area contributed by atoms with Crippen LogP contribution in [-0.2, 0) is 0 Å². The van der Waals surface area contributed by atoms with E-state index in [9.17, 15) is 0 Å². The number of fused-ring (bicyclic) bond motifs is 1. The van der Waals surface area contributed by atoms with Crippen molar-refractivity contribution < 1.29 is 0 Å². The highest BCUT2D eigenvalue weighted by Crippen LogP contribution is 2.30. The maximum Gasteiger partial charge on any atom is 0.229 e. The van der Waals surface area contributed by atoms with Gasteiger partial charge in [-0.3, -0.25) is 0 Å². The van der Waals surface area contributed by atoms with Gasteiger partial charge in [-0.15, -0.1) is 0 Å². The standard InChI is InChI=1S/C25H28N6/c1-17-8-7-13-30(16-17)25-28-23(27-20-12-11-18(2)19(3)14-20)22-15-26-31(24(22)29-25)21-9-5-4-6-10-21/h4-6,9-12,14-15,17H,7-8,13,16H2,1-3H3,(H,27,28,29). The van der Waals surface area contributed by atoms with E-state index in [1.165, 1.54) is 24.0 Å². The highest BCUT2D eigenvalue weighted by Gasteiger charge is 2.22. The topological polar surface area (TPSA) is 58.9 Å². The Labute approximate surface area is 182 Å². The number of nitrogens with one attached hydrogen (secondary N) is 1. The van der Waals surface area contributed by atoms with Gasteiger partial charge in [-0.25, -0.2) is 4.68 Å². The molecule has 1 atom stereocenters. The number of hydrogen-bond donors (Lipinski definition) is 1. The molecule has 4 aromatic rings. The summed E-state index contributed by atoms with van der Waals surface area (Å²) in [6.45, 7) is 8.52. The molecule has 31 heavy (non-hydrogen) atoms. The maximum absolute atomic E-state index is 4.98. The van der Waals surface area contributed by atoms with Crippen LogP contribution in [0.25, 0.3) is 16.7 Å². The molecule has 0 spiro atoms. The van der Waals surface area contributed by atoms with Gasteiger partial charge in [0.05, 0.1) is 17.3 Å². The number of hydrogen-bond acceptors (Lipinski definition) is 5. The van der Waals surface area contributed by atoms with Crippen LogP contribution >= 0.6 is 0 Å². The summed E-state index contributed by atoms with van der Waals surface area (Å²) in [7, 11) is 0. The van der Waals surface area contributed by atoms with Crippen LogP contribution in [0.3, 0.4) is 0 Å². The summed E-state index contributed by atoms with van der Waals surface area (Å²) in [4.78, 5) is 12.2. The predicted octanol–water partition coefficient (Wildman–Crippen LogP) is 5.41. The van der Waals surface area contributed by atoms with Crippen molar-refractivity contribution in [1.82, 2.24) is 19.7 Å². The zero-order chi connectivity index (χ0) is 21.4. The van der Waals surface area contributed by atoms with E-state index in [-0.39, 0.29) is 0 Å². The Balaban J connectivity index is 1.63. The first-order chi connectivity index (χ1) is 15.1. The van der Waals surface area contributed by atoms with Gasteiger partial charge in [0.25, 0.3) is 0 Å². The first-order valence-corrected chi connectivity index (χ1v) is 11.0. The second-order valence-corrected chi connectivity index (χ2v) is 8.62. The zero-order valence-electron chi connectivity index (χ0n) is 18.3. The molecule has 0 amide bonds. The Morgan fingerprint density at radius 2 is 1.84 bits per heavy atom. The lowest BCUT2D eigenvalue weighted by Crippen LogP contribution is -2.35. The Bertz CT molecular complexity index is 1210. The van der Waals surface area contributed by atoms with Gasteiger partial charge in [0.1, 0.15) is 5.82 Å². The van der Waals surface area contributed by atoms with Gasteiger partial charge >= 0.3 is 0 Å². The zero-order valence-corrected chi connectivity index (χ0v) is 18.3. The SMILES string of the molecule is Cc1ccc(Nc2nc(N3CCCC(C)C3)nc3c2cnn3-c2ccccc2)cc1C. The molecule has 0 aliphatic carbocycles. The van der Waals surface area contributed by atoms with Crippen LogP contribution in [0.2, 0.25) is 0 Å². The number of aryl methyl sites for hydroxylation is 2. The molecule has 2 aromatic heterocycles. The molecule has 0 saturated carbocycles. The van der Waals surface area contributed by atoms with Gasteiger partial charge in [-0.05, 0) is 68.0 Å². The molecule has 3 heterocycles. The lowest BCUT2D eigenvalue weighted by atomic mass is 10.0. The molecular weight excluding hydrogens is 384 g/mol. The number of rotatable bonds is 4. The Kier molecular flexibility index (Phi) is 5.06. The molecule has 5 rings (SSSR count). The van der Waals surface area contributed by atoms with Crippen molar-refractivity contribution in [3.63, 3.8) is 0 Å². The molecule has 1 aliphatic rings. The van der Waals surface area contributed by atoms with Crippen LogP contribution in [0.4, 0.5) is 17.5 Å². The predicted molar refractivity (Wildman–Crippen MR) is 126 cm³/mol. The monoisotopic (exact) mass is 412 g/mol. The number of benzene rings is 2. The van der Waals surface area contributed by atoms with E-state index in [2.05, 4.69) is 54.3 Å². The molecule has 0 bridgehead atoms. The highest BCUT2D eigenvalue weighted by molar-refractivity contribution is 5.90. The third kappa shape index (κ3) is 3.85. The highest BCUT2D eigenvalue weighted by atomic mass is 15.3. The van der Waals surface area contributed by atoms with E-state index in [4.69, 9.17) is 9.97 Å². The second kappa shape index (κ2) is 8.02. The smallest absolute Gasteiger partial charge is 0.229 e. The minimum absolute atomic E-state index is 0.642. The number of anilines is 3. The summed E-state index contributed by atoms with van der Waals surface area (Å²) < 4.78 is 1.90. The fraction of sp³-hybridized carbons (Fsp3) is 0.320. The van der Waals surface area contributed by atoms with Gasteiger partial charge in [-0.2, -0.15) is 15.1 Å². The van der Waals surface area contributed by atoms with Crippen molar-refractivity contribution in [1.29, 1.82) is 0 Å². The average Bonchev–Trinajstić information content (AvgIpc) is 3.21. The van der Waals surface area contributed by atoms with E-state index >= 15 is 0 Å². The van der Waals surface area contributed by atoms with Crippen LogP contribution < -0.4 is 10.2 Å². The summed E-state index contributed by atoms with van der Waals surface area (Å²) in [5.41, 5.74) is 5.36. The van der Waals surface area contributed by atoms with Gasteiger partial charge in [-0.1, -0.05) is 31.2 Å².